The molecule has 0 spiro atoms. The number of hydrogen-bond acceptors (Lipinski definition) is 3. The maximum Gasteiger partial charge on any atom is 0.255 e. The third-order valence-electron chi connectivity index (χ3n) is 5.96. The van der Waals surface area contributed by atoms with Crippen molar-refractivity contribution >= 4 is 5.91 Å². The first kappa shape index (κ1) is 22.3. The Morgan fingerprint density at radius 2 is 1.57 bits per heavy atom. The zero-order valence-electron chi connectivity index (χ0n) is 19.6. The lowest BCUT2D eigenvalue weighted by atomic mass is 10.1. The second-order valence-electron chi connectivity index (χ2n) is 8.55. The van der Waals surface area contributed by atoms with E-state index in [0.29, 0.717) is 24.3 Å². The highest BCUT2D eigenvalue weighted by atomic mass is 16.1. The summed E-state index contributed by atoms with van der Waals surface area (Å²) < 4.78 is 3.94. The van der Waals surface area contributed by atoms with Crippen LogP contribution in [0.15, 0.2) is 104 Å². The van der Waals surface area contributed by atoms with Gasteiger partial charge >= 0.3 is 0 Å². The molecule has 0 fully saturated rings. The highest BCUT2D eigenvalue weighted by molar-refractivity contribution is 5.99. The van der Waals surface area contributed by atoms with Crippen molar-refractivity contribution in [2.24, 2.45) is 0 Å². The average molecular weight is 462 g/mol. The summed E-state index contributed by atoms with van der Waals surface area (Å²) in [6, 6.07) is 28.2. The molecule has 2 aromatic heterocycles. The fourth-order valence-electron chi connectivity index (χ4n) is 4.13. The van der Waals surface area contributed by atoms with E-state index in [1.807, 2.05) is 90.9 Å². The molecule has 0 aliphatic rings. The molecule has 5 rings (SSSR count). The molecule has 0 bridgehead atoms. The van der Waals surface area contributed by atoms with Gasteiger partial charge in [0.05, 0.1) is 12.1 Å². The molecule has 6 nitrogen and oxygen atoms in total. The zero-order chi connectivity index (χ0) is 24.0. The third kappa shape index (κ3) is 5.38. The van der Waals surface area contributed by atoms with Crippen LogP contribution in [0.3, 0.4) is 0 Å². The monoisotopic (exact) mass is 461 g/mol. The van der Waals surface area contributed by atoms with Gasteiger partial charge in [-0.2, -0.15) is 5.10 Å². The molecule has 0 aliphatic carbocycles. The molecule has 0 saturated heterocycles. The molecule has 1 amide bonds. The van der Waals surface area contributed by atoms with Crippen LogP contribution < -0.4 is 5.32 Å². The van der Waals surface area contributed by atoms with Crippen LogP contribution in [0.25, 0.3) is 11.3 Å². The highest BCUT2D eigenvalue weighted by Gasteiger charge is 2.18. The maximum atomic E-state index is 13.3. The summed E-state index contributed by atoms with van der Waals surface area (Å²) in [6.45, 7) is 3.78. The van der Waals surface area contributed by atoms with Gasteiger partial charge in [-0.15, -0.1) is 0 Å². The largest absolute Gasteiger partial charge is 0.348 e. The van der Waals surface area contributed by atoms with Crippen molar-refractivity contribution in [2.75, 3.05) is 0 Å². The number of carbonyl (C=O) groups excluding carboxylic acids is 1. The van der Waals surface area contributed by atoms with Crippen LogP contribution in [-0.2, 0) is 19.6 Å². The predicted molar refractivity (Wildman–Crippen MR) is 137 cm³/mol. The summed E-state index contributed by atoms with van der Waals surface area (Å²) in [5.74, 6) is 0.837. The Bertz CT molecular complexity index is 1420. The quantitative estimate of drug-likeness (QED) is 0.350. The molecule has 174 valence electrons. The number of nitrogens with zero attached hydrogens (tertiary/aromatic N) is 4. The predicted octanol–water partition coefficient (Wildman–Crippen LogP) is 5.08. The minimum absolute atomic E-state index is 0.140. The number of carbonyl (C=O) groups is 1. The van der Waals surface area contributed by atoms with Gasteiger partial charge in [0, 0.05) is 37.2 Å². The van der Waals surface area contributed by atoms with Gasteiger partial charge in [-0.25, -0.2) is 4.98 Å². The maximum absolute atomic E-state index is 13.3. The van der Waals surface area contributed by atoms with Crippen LogP contribution in [0.4, 0.5) is 0 Å². The van der Waals surface area contributed by atoms with Crippen LogP contribution in [0.1, 0.15) is 32.9 Å². The number of amides is 1. The minimum Gasteiger partial charge on any atom is -0.348 e. The van der Waals surface area contributed by atoms with Crippen molar-refractivity contribution in [1.29, 1.82) is 0 Å². The van der Waals surface area contributed by atoms with Crippen molar-refractivity contribution < 1.29 is 4.79 Å². The van der Waals surface area contributed by atoms with Crippen LogP contribution >= 0.6 is 0 Å². The van der Waals surface area contributed by atoms with Gasteiger partial charge in [-0.1, -0.05) is 84.9 Å². The molecule has 5 aromatic rings. The molecule has 6 heteroatoms. The van der Waals surface area contributed by atoms with Crippen LogP contribution in [0.2, 0.25) is 0 Å². The van der Waals surface area contributed by atoms with E-state index in [-0.39, 0.29) is 5.91 Å². The van der Waals surface area contributed by atoms with Gasteiger partial charge in [-0.05, 0) is 23.6 Å². The lowest BCUT2D eigenvalue weighted by Crippen LogP contribution is -2.23. The summed E-state index contributed by atoms with van der Waals surface area (Å²) in [5, 5.41) is 7.85. The lowest BCUT2D eigenvalue weighted by Gasteiger charge is -2.09. The Morgan fingerprint density at radius 3 is 2.31 bits per heavy atom. The highest BCUT2D eigenvalue weighted by Crippen LogP contribution is 2.22. The first-order valence-corrected chi connectivity index (χ1v) is 11.7. The Balaban J connectivity index is 1.34. The van der Waals surface area contributed by atoms with Gasteiger partial charge in [0.15, 0.2) is 0 Å². The van der Waals surface area contributed by atoms with Gasteiger partial charge in [0.1, 0.15) is 11.5 Å². The van der Waals surface area contributed by atoms with Crippen molar-refractivity contribution in [3.8, 4) is 11.3 Å². The van der Waals surface area contributed by atoms with Crippen molar-refractivity contribution in [3.63, 3.8) is 0 Å². The Hall–Kier alpha value is -4.45. The summed E-state index contributed by atoms with van der Waals surface area (Å²) in [5.41, 5.74) is 5.51. The van der Waals surface area contributed by atoms with Crippen LogP contribution in [0.5, 0.6) is 0 Å². The minimum atomic E-state index is -0.140. The number of aromatic nitrogens is 4. The average Bonchev–Trinajstić information content (AvgIpc) is 3.50. The Labute approximate surface area is 204 Å². The summed E-state index contributed by atoms with van der Waals surface area (Å²) in [7, 11) is 0. The normalized spacial score (nSPS) is 10.9. The van der Waals surface area contributed by atoms with Crippen LogP contribution in [-0.4, -0.2) is 25.2 Å². The number of benzene rings is 3. The van der Waals surface area contributed by atoms with Crippen molar-refractivity contribution in [1.82, 2.24) is 24.6 Å². The molecule has 3 aromatic carbocycles. The molecule has 0 unspecified atom stereocenters. The van der Waals surface area contributed by atoms with Crippen molar-refractivity contribution in [2.45, 2.75) is 26.6 Å². The number of hydrogen-bond donors (Lipinski definition) is 1. The van der Waals surface area contributed by atoms with Gasteiger partial charge in [-0.3, -0.25) is 9.48 Å². The molecular weight excluding hydrogens is 434 g/mol. The molecule has 35 heavy (non-hydrogen) atoms. The number of imidazole rings is 1. The Kier molecular flexibility index (Phi) is 6.52. The summed E-state index contributed by atoms with van der Waals surface area (Å²) >= 11 is 0. The lowest BCUT2D eigenvalue weighted by molar-refractivity contribution is 0.0951. The van der Waals surface area contributed by atoms with E-state index in [4.69, 9.17) is 5.10 Å². The van der Waals surface area contributed by atoms with E-state index in [0.717, 1.165) is 29.1 Å². The van der Waals surface area contributed by atoms with E-state index in [2.05, 4.69) is 39.1 Å². The second-order valence-corrected chi connectivity index (χ2v) is 8.55. The van der Waals surface area contributed by atoms with Gasteiger partial charge < -0.3 is 9.88 Å². The molecular formula is C29H27N5O. The van der Waals surface area contributed by atoms with Crippen molar-refractivity contribution in [3.05, 3.63) is 132 Å². The first-order chi connectivity index (χ1) is 17.2. The molecule has 0 aliphatic heterocycles. The molecule has 1 N–H and O–H groups in total. The third-order valence-corrected chi connectivity index (χ3v) is 5.96. The number of rotatable bonds is 8. The fraction of sp³-hybridized carbons (Fsp3) is 0.138. The first-order valence-electron chi connectivity index (χ1n) is 11.7. The number of aryl methyl sites for hydroxylation is 1. The van der Waals surface area contributed by atoms with E-state index in [1.165, 1.54) is 5.56 Å². The molecule has 0 radical (unpaired) electrons. The SMILES string of the molecule is Cc1nccn1Cc1cccc(CNC(=O)c2cn(Cc3ccccc3)nc2-c2ccccc2)c1. The molecule has 2 heterocycles. The second kappa shape index (κ2) is 10.2. The standard InChI is InChI=1S/C29H27N5O/c1-22-30-15-16-33(22)19-25-12-8-11-24(17-25)18-31-29(35)27-21-34(20-23-9-4-2-5-10-23)32-28(27)26-13-6-3-7-14-26/h2-17,21H,18-20H2,1H3,(H,31,35). The van der Waals surface area contributed by atoms with E-state index < -0.39 is 0 Å². The van der Waals surface area contributed by atoms with E-state index in [1.54, 1.807) is 0 Å². The van der Waals surface area contributed by atoms with Gasteiger partial charge in [0.2, 0.25) is 0 Å². The van der Waals surface area contributed by atoms with E-state index >= 15 is 0 Å². The Morgan fingerprint density at radius 1 is 0.857 bits per heavy atom. The smallest absolute Gasteiger partial charge is 0.255 e. The molecule has 0 saturated carbocycles. The summed E-state index contributed by atoms with van der Waals surface area (Å²) in [4.78, 5) is 17.6. The topological polar surface area (TPSA) is 64.7 Å². The van der Waals surface area contributed by atoms with Gasteiger partial charge in [0.25, 0.3) is 5.91 Å². The van der Waals surface area contributed by atoms with E-state index in [9.17, 15) is 4.79 Å². The fourth-order valence-corrected chi connectivity index (χ4v) is 4.13. The zero-order valence-corrected chi connectivity index (χ0v) is 19.6. The summed E-state index contributed by atoms with van der Waals surface area (Å²) in [6.07, 6.45) is 5.62. The number of nitrogens with one attached hydrogen (secondary N) is 1. The molecule has 0 atom stereocenters. The van der Waals surface area contributed by atoms with Crippen LogP contribution in [0, 0.1) is 6.92 Å².